The van der Waals surface area contributed by atoms with Gasteiger partial charge >= 0.3 is 0 Å². The molecule has 0 bridgehead atoms. The van der Waals surface area contributed by atoms with Crippen LogP contribution < -0.4 is 0 Å². The normalized spacial score (nSPS) is 11.9. The van der Waals surface area contributed by atoms with Gasteiger partial charge in [-0.15, -0.1) is 20.4 Å². The average molecular weight is 530 g/mol. The third-order valence-electron chi connectivity index (χ3n) is 5.15. The molecule has 0 fully saturated rings. The van der Waals surface area contributed by atoms with Gasteiger partial charge in [0.15, 0.2) is 5.69 Å². The molecule has 0 unspecified atom stereocenters. The maximum atomic E-state index is 6.60. The summed E-state index contributed by atoms with van der Waals surface area (Å²) in [5.74, 6) is 1.31. The SMILES string of the molecule is Cc1nnc(-c2c(-c3nnc(C(C)(C)C)o3)nn(-c3ccc(Cl)cc3Cl)c2-c2ccc(Cl)cc2)o1. The smallest absolute Gasteiger partial charge is 0.269 e. The Kier molecular flexibility index (Phi) is 5.91. The van der Waals surface area contributed by atoms with E-state index >= 15 is 0 Å². The van der Waals surface area contributed by atoms with Crippen LogP contribution in [0.2, 0.25) is 15.1 Å². The molecule has 35 heavy (non-hydrogen) atoms. The largest absolute Gasteiger partial charge is 0.421 e. The first-order valence-corrected chi connectivity index (χ1v) is 11.7. The van der Waals surface area contributed by atoms with E-state index in [1.807, 2.05) is 32.9 Å². The number of aryl methyl sites for hydroxylation is 1. The number of nitrogens with zero attached hydrogens (tertiary/aromatic N) is 6. The maximum absolute atomic E-state index is 6.60. The van der Waals surface area contributed by atoms with Crippen molar-refractivity contribution in [3.05, 3.63) is 69.3 Å². The Morgan fingerprint density at radius 3 is 2.09 bits per heavy atom. The fourth-order valence-electron chi connectivity index (χ4n) is 3.49. The van der Waals surface area contributed by atoms with Crippen LogP contribution in [-0.2, 0) is 5.41 Å². The predicted molar refractivity (Wildman–Crippen MR) is 134 cm³/mol. The summed E-state index contributed by atoms with van der Waals surface area (Å²) in [6.07, 6.45) is 0. The van der Waals surface area contributed by atoms with Gasteiger partial charge in [0, 0.05) is 27.9 Å². The summed E-state index contributed by atoms with van der Waals surface area (Å²) in [7, 11) is 0. The highest BCUT2D eigenvalue weighted by atomic mass is 35.5. The summed E-state index contributed by atoms with van der Waals surface area (Å²) in [6.45, 7) is 7.66. The average Bonchev–Trinajstić information content (AvgIpc) is 3.52. The summed E-state index contributed by atoms with van der Waals surface area (Å²) < 4.78 is 13.6. The van der Waals surface area contributed by atoms with Crippen LogP contribution in [0.1, 0.15) is 32.6 Å². The zero-order chi connectivity index (χ0) is 24.9. The van der Waals surface area contributed by atoms with Crippen LogP contribution in [0, 0.1) is 6.92 Å². The summed E-state index contributed by atoms with van der Waals surface area (Å²) in [5, 5.41) is 23.1. The van der Waals surface area contributed by atoms with Crippen molar-refractivity contribution >= 4 is 34.8 Å². The molecule has 178 valence electrons. The van der Waals surface area contributed by atoms with Crippen molar-refractivity contribution in [2.24, 2.45) is 0 Å². The minimum Gasteiger partial charge on any atom is -0.421 e. The lowest BCUT2D eigenvalue weighted by Gasteiger charge is -2.11. The fraction of sp³-hybridized carbons (Fsp3) is 0.208. The van der Waals surface area contributed by atoms with Crippen LogP contribution in [0.3, 0.4) is 0 Å². The second-order valence-electron chi connectivity index (χ2n) is 8.88. The molecular formula is C24H19Cl3N6O2. The Morgan fingerprint density at radius 2 is 1.49 bits per heavy atom. The Labute approximate surface area is 215 Å². The van der Waals surface area contributed by atoms with Crippen molar-refractivity contribution in [3.8, 4) is 40.0 Å². The number of rotatable bonds is 4. The number of hydrogen-bond donors (Lipinski definition) is 0. The second-order valence-corrected chi connectivity index (χ2v) is 10.2. The molecule has 5 aromatic rings. The number of benzene rings is 2. The van der Waals surface area contributed by atoms with E-state index in [0.717, 1.165) is 5.56 Å². The van der Waals surface area contributed by atoms with Crippen molar-refractivity contribution < 1.29 is 8.83 Å². The molecule has 0 aliphatic rings. The topological polar surface area (TPSA) is 95.7 Å². The van der Waals surface area contributed by atoms with E-state index in [-0.39, 0.29) is 17.2 Å². The molecule has 3 heterocycles. The van der Waals surface area contributed by atoms with Gasteiger partial charge in [-0.05, 0) is 30.3 Å². The molecule has 0 atom stereocenters. The van der Waals surface area contributed by atoms with Crippen LogP contribution in [0.5, 0.6) is 0 Å². The summed E-state index contributed by atoms with van der Waals surface area (Å²) in [4.78, 5) is 0. The molecule has 3 aromatic heterocycles. The monoisotopic (exact) mass is 528 g/mol. The third-order valence-corrected chi connectivity index (χ3v) is 5.94. The van der Waals surface area contributed by atoms with Crippen molar-refractivity contribution in [2.45, 2.75) is 33.1 Å². The van der Waals surface area contributed by atoms with Gasteiger partial charge in [0.05, 0.1) is 22.0 Å². The molecule has 5 rings (SSSR count). The lowest BCUT2D eigenvalue weighted by molar-refractivity contribution is 0.398. The van der Waals surface area contributed by atoms with E-state index in [4.69, 9.17) is 48.7 Å². The van der Waals surface area contributed by atoms with Gasteiger partial charge in [0.2, 0.25) is 11.8 Å². The molecule has 0 N–H and O–H groups in total. The van der Waals surface area contributed by atoms with E-state index in [2.05, 4.69) is 20.4 Å². The molecule has 2 aromatic carbocycles. The second kappa shape index (κ2) is 8.78. The first-order chi connectivity index (χ1) is 16.6. The van der Waals surface area contributed by atoms with E-state index in [1.165, 1.54) is 0 Å². The van der Waals surface area contributed by atoms with Gasteiger partial charge in [0.25, 0.3) is 11.8 Å². The highest BCUT2D eigenvalue weighted by Gasteiger charge is 2.31. The molecule has 0 radical (unpaired) electrons. The molecule has 0 aliphatic heterocycles. The zero-order valence-corrected chi connectivity index (χ0v) is 21.4. The van der Waals surface area contributed by atoms with Crippen LogP contribution in [0.15, 0.2) is 51.3 Å². The zero-order valence-electron chi connectivity index (χ0n) is 19.2. The van der Waals surface area contributed by atoms with Crippen LogP contribution in [-0.4, -0.2) is 30.2 Å². The number of hydrogen-bond acceptors (Lipinski definition) is 7. The molecule has 0 spiro atoms. The summed E-state index contributed by atoms with van der Waals surface area (Å²) in [6, 6.07) is 12.4. The van der Waals surface area contributed by atoms with Gasteiger partial charge in [-0.25, -0.2) is 4.68 Å². The van der Waals surface area contributed by atoms with Crippen molar-refractivity contribution in [1.29, 1.82) is 0 Å². The minimum absolute atomic E-state index is 0.208. The van der Waals surface area contributed by atoms with Crippen LogP contribution >= 0.6 is 34.8 Å². The molecule has 0 aliphatic carbocycles. The molecule has 8 nitrogen and oxygen atoms in total. The molecule has 0 amide bonds. The van der Waals surface area contributed by atoms with Gasteiger partial charge in [0.1, 0.15) is 0 Å². The standard InChI is InChI=1S/C24H19Cl3N6O2/c1-12-28-29-21(34-12)18-19(22-30-31-23(35-22)24(2,3)4)32-33(17-10-9-15(26)11-16(17)27)20(18)13-5-7-14(25)8-6-13/h5-11H,1-4H3. The van der Waals surface area contributed by atoms with E-state index in [1.54, 1.807) is 41.9 Å². The summed E-state index contributed by atoms with van der Waals surface area (Å²) >= 11 is 18.9. The van der Waals surface area contributed by atoms with Crippen LogP contribution in [0.25, 0.3) is 40.0 Å². The highest BCUT2D eigenvalue weighted by Crippen LogP contribution is 2.42. The lowest BCUT2D eigenvalue weighted by atomic mass is 9.97. The third kappa shape index (κ3) is 4.45. The number of aromatic nitrogens is 6. The van der Waals surface area contributed by atoms with Crippen molar-refractivity contribution in [1.82, 2.24) is 30.2 Å². The fourth-order valence-corrected chi connectivity index (χ4v) is 4.11. The number of halogens is 3. The summed E-state index contributed by atoms with van der Waals surface area (Å²) in [5.41, 5.74) is 2.52. The van der Waals surface area contributed by atoms with E-state index < -0.39 is 0 Å². The quantitative estimate of drug-likeness (QED) is 0.243. The van der Waals surface area contributed by atoms with Crippen molar-refractivity contribution in [3.63, 3.8) is 0 Å². The maximum Gasteiger partial charge on any atom is 0.269 e. The molecule has 11 heteroatoms. The van der Waals surface area contributed by atoms with E-state index in [9.17, 15) is 0 Å². The molecule has 0 saturated carbocycles. The molecular weight excluding hydrogens is 511 g/mol. The Morgan fingerprint density at radius 1 is 0.800 bits per heavy atom. The van der Waals surface area contributed by atoms with Gasteiger partial charge < -0.3 is 8.83 Å². The Hall–Kier alpha value is -3.20. The lowest BCUT2D eigenvalue weighted by Crippen LogP contribution is -2.11. The Bertz CT molecular complexity index is 1530. The van der Waals surface area contributed by atoms with Crippen LogP contribution in [0.4, 0.5) is 0 Å². The van der Waals surface area contributed by atoms with Crippen molar-refractivity contribution in [2.75, 3.05) is 0 Å². The van der Waals surface area contributed by atoms with Gasteiger partial charge in [-0.3, -0.25) is 0 Å². The van der Waals surface area contributed by atoms with E-state index in [0.29, 0.717) is 49.5 Å². The highest BCUT2D eigenvalue weighted by molar-refractivity contribution is 6.35. The first kappa shape index (κ1) is 23.5. The molecule has 0 saturated heterocycles. The predicted octanol–water partition coefficient (Wildman–Crippen LogP) is 7.21. The minimum atomic E-state index is -0.354. The first-order valence-electron chi connectivity index (χ1n) is 10.6. The van der Waals surface area contributed by atoms with Gasteiger partial charge in [-0.1, -0.05) is 67.7 Å². The Balaban J connectivity index is 1.87. The van der Waals surface area contributed by atoms with Gasteiger partial charge in [-0.2, -0.15) is 5.10 Å².